The first-order valence-corrected chi connectivity index (χ1v) is 8.26. The Kier molecular flexibility index (Phi) is 4.78. The predicted molar refractivity (Wildman–Crippen MR) is 96.5 cm³/mol. The number of nitrogens with zero attached hydrogens (tertiary/aromatic N) is 3. The number of nitrogens with one attached hydrogen (secondary N) is 1. The number of rotatable bonds is 4. The Morgan fingerprint density at radius 1 is 1.32 bits per heavy atom. The number of anilines is 2. The number of nitro groups is 1. The molecule has 0 saturated carbocycles. The molecule has 1 fully saturated rings. The average molecular weight is 381 g/mol. The van der Waals surface area contributed by atoms with Gasteiger partial charge in [-0.1, -0.05) is 23.2 Å². The zero-order chi connectivity index (χ0) is 18.1. The number of hydrogen-bond donors (Lipinski definition) is 1. The molecule has 1 aromatic carbocycles. The molecule has 1 unspecified atom stereocenters. The van der Waals surface area contributed by atoms with Crippen LogP contribution in [-0.4, -0.2) is 28.4 Å². The van der Waals surface area contributed by atoms with E-state index in [9.17, 15) is 14.9 Å². The second-order valence-electron chi connectivity index (χ2n) is 5.69. The van der Waals surface area contributed by atoms with Gasteiger partial charge in [0.2, 0.25) is 5.91 Å². The van der Waals surface area contributed by atoms with Crippen LogP contribution in [0.3, 0.4) is 0 Å². The smallest absolute Gasteiger partial charge is 0.290 e. The number of hydrogen-bond acceptors (Lipinski definition) is 5. The highest BCUT2D eigenvalue weighted by atomic mass is 35.5. The number of amides is 1. The number of halogens is 2. The molecule has 1 aliphatic heterocycles. The summed E-state index contributed by atoms with van der Waals surface area (Å²) < 4.78 is 0. The zero-order valence-corrected chi connectivity index (χ0v) is 14.7. The molecule has 0 aliphatic carbocycles. The molecule has 25 heavy (non-hydrogen) atoms. The van der Waals surface area contributed by atoms with Crippen molar-refractivity contribution in [1.29, 1.82) is 0 Å². The molecular weight excluding hydrogens is 367 g/mol. The highest BCUT2D eigenvalue weighted by Crippen LogP contribution is 2.30. The largest absolute Gasteiger partial charge is 0.358 e. The lowest BCUT2D eigenvalue weighted by molar-refractivity contribution is -0.385. The van der Waals surface area contributed by atoms with E-state index < -0.39 is 11.0 Å². The first kappa shape index (κ1) is 17.4. The molecule has 1 atom stereocenters. The summed E-state index contributed by atoms with van der Waals surface area (Å²) in [7, 11) is 0. The highest BCUT2D eigenvalue weighted by Gasteiger charge is 2.33. The van der Waals surface area contributed by atoms with Gasteiger partial charge in [-0.15, -0.1) is 0 Å². The Balaban J connectivity index is 1.75. The summed E-state index contributed by atoms with van der Waals surface area (Å²) in [6.07, 6.45) is 1.77. The summed E-state index contributed by atoms with van der Waals surface area (Å²) in [6, 6.07) is 6.14. The minimum absolute atomic E-state index is 0.0549. The first-order valence-electron chi connectivity index (χ1n) is 7.51. The number of aromatic nitrogens is 1. The van der Waals surface area contributed by atoms with Gasteiger partial charge >= 0.3 is 0 Å². The topological polar surface area (TPSA) is 88.4 Å². The second kappa shape index (κ2) is 6.85. The Labute approximate surface area is 153 Å². The lowest BCUT2D eigenvalue weighted by atomic mass is 10.2. The van der Waals surface area contributed by atoms with Gasteiger partial charge in [0, 0.05) is 17.8 Å². The van der Waals surface area contributed by atoms with E-state index in [0.29, 0.717) is 40.1 Å². The quantitative estimate of drug-likeness (QED) is 0.643. The van der Waals surface area contributed by atoms with Crippen LogP contribution in [0, 0.1) is 17.0 Å². The van der Waals surface area contributed by atoms with E-state index in [1.165, 1.54) is 6.20 Å². The van der Waals surface area contributed by atoms with Gasteiger partial charge in [-0.3, -0.25) is 14.9 Å². The maximum atomic E-state index is 12.6. The van der Waals surface area contributed by atoms with Crippen LogP contribution in [0.25, 0.3) is 0 Å². The third-order valence-corrected chi connectivity index (χ3v) is 4.76. The summed E-state index contributed by atoms with van der Waals surface area (Å²) >= 11 is 11.9. The van der Waals surface area contributed by atoms with Crippen molar-refractivity contribution in [2.75, 3.05) is 16.8 Å². The molecule has 130 valence electrons. The minimum atomic E-state index is -0.487. The van der Waals surface area contributed by atoms with Crippen molar-refractivity contribution in [3.05, 3.63) is 56.2 Å². The fraction of sp³-hybridized carbons (Fsp3) is 0.250. The maximum absolute atomic E-state index is 12.6. The fourth-order valence-corrected chi connectivity index (χ4v) is 3.01. The van der Waals surface area contributed by atoms with Crippen molar-refractivity contribution < 1.29 is 9.72 Å². The molecule has 7 nitrogen and oxygen atoms in total. The molecule has 0 spiro atoms. The van der Waals surface area contributed by atoms with Gasteiger partial charge in [0.15, 0.2) is 0 Å². The van der Waals surface area contributed by atoms with E-state index >= 15 is 0 Å². The summed E-state index contributed by atoms with van der Waals surface area (Å²) in [5.74, 6) is 0.314. The molecule has 1 N–H and O–H groups in total. The van der Waals surface area contributed by atoms with Crippen LogP contribution in [0.5, 0.6) is 0 Å². The third kappa shape index (κ3) is 3.52. The number of aryl methyl sites for hydroxylation is 1. The Hall–Kier alpha value is -2.38. The number of pyridine rings is 1. The Morgan fingerprint density at radius 2 is 2.08 bits per heavy atom. The molecule has 2 heterocycles. The predicted octanol–water partition coefficient (Wildman–Crippen LogP) is 3.82. The summed E-state index contributed by atoms with van der Waals surface area (Å²) in [4.78, 5) is 28.6. The summed E-state index contributed by atoms with van der Waals surface area (Å²) in [6.45, 7) is 2.16. The number of benzene rings is 1. The van der Waals surface area contributed by atoms with Crippen LogP contribution < -0.4 is 10.2 Å². The molecule has 2 aromatic rings. The van der Waals surface area contributed by atoms with Gasteiger partial charge in [-0.2, -0.15) is 0 Å². The van der Waals surface area contributed by atoms with Gasteiger partial charge in [0.25, 0.3) is 5.69 Å². The van der Waals surface area contributed by atoms with Crippen molar-refractivity contribution in [2.45, 2.75) is 19.4 Å². The van der Waals surface area contributed by atoms with E-state index in [-0.39, 0.29) is 11.6 Å². The lowest BCUT2D eigenvalue weighted by Crippen LogP contribution is -2.33. The minimum Gasteiger partial charge on any atom is -0.358 e. The molecule has 3 rings (SSSR count). The van der Waals surface area contributed by atoms with E-state index in [1.807, 2.05) is 0 Å². The molecule has 1 aliphatic rings. The maximum Gasteiger partial charge on any atom is 0.290 e. The highest BCUT2D eigenvalue weighted by molar-refractivity contribution is 6.42. The zero-order valence-electron chi connectivity index (χ0n) is 13.2. The van der Waals surface area contributed by atoms with Crippen molar-refractivity contribution in [2.24, 2.45) is 0 Å². The SMILES string of the molecule is Cc1cc(NC2CCN(c3ccc(Cl)c(Cl)c3)C2=O)ncc1[N+](=O)[O-]. The van der Waals surface area contributed by atoms with Gasteiger partial charge in [0.05, 0.1) is 15.0 Å². The fourth-order valence-electron chi connectivity index (χ4n) is 2.72. The van der Waals surface area contributed by atoms with Crippen LogP contribution >= 0.6 is 23.2 Å². The summed E-state index contributed by atoms with van der Waals surface area (Å²) in [5.41, 5.74) is 1.10. The van der Waals surface area contributed by atoms with Crippen LogP contribution in [0.2, 0.25) is 10.0 Å². The molecule has 0 radical (unpaired) electrons. The van der Waals surface area contributed by atoms with Gasteiger partial charge < -0.3 is 10.2 Å². The lowest BCUT2D eigenvalue weighted by Gasteiger charge is -2.18. The van der Waals surface area contributed by atoms with Gasteiger partial charge in [-0.25, -0.2) is 4.98 Å². The van der Waals surface area contributed by atoms with Crippen LogP contribution in [0.1, 0.15) is 12.0 Å². The van der Waals surface area contributed by atoms with E-state index in [0.717, 1.165) is 0 Å². The average Bonchev–Trinajstić information content (AvgIpc) is 2.91. The second-order valence-corrected chi connectivity index (χ2v) is 6.50. The number of carbonyl (C=O) groups excluding carboxylic acids is 1. The Bertz CT molecular complexity index is 859. The van der Waals surface area contributed by atoms with Crippen molar-refractivity contribution in [3.63, 3.8) is 0 Å². The monoisotopic (exact) mass is 380 g/mol. The molecule has 9 heteroatoms. The summed E-state index contributed by atoms with van der Waals surface area (Å²) in [5, 5.41) is 14.7. The van der Waals surface area contributed by atoms with Gasteiger partial charge in [-0.05, 0) is 37.6 Å². The van der Waals surface area contributed by atoms with Crippen LogP contribution in [0.4, 0.5) is 17.2 Å². The standard InChI is InChI=1S/C16H14Cl2N4O3/c1-9-6-15(19-8-14(9)22(24)25)20-13-4-5-21(16(13)23)10-2-3-11(17)12(18)7-10/h2-3,6-8,13H,4-5H2,1H3,(H,19,20). The molecule has 1 saturated heterocycles. The molecule has 1 amide bonds. The van der Waals surface area contributed by atoms with E-state index in [2.05, 4.69) is 10.3 Å². The third-order valence-electron chi connectivity index (χ3n) is 4.02. The van der Waals surface area contributed by atoms with Gasteiger partial charge in [0.1, 0.15) is 18.1 Å². The first-order chi connectivity index (χ1) is 11.9. The molecule has 0 bridgehead atoms. The van der Waals surface area contributed by atoms with Crippen molar-refractivity contribution in [1.82, 2.24) is 4.98 Å². The van der Waals surface area contributed by atoms with Crippen LogP contribution in [-0.2, 0) is 4.79 Å². The van der Waals surface area contributed by atoms with Crippen LogP contribution in [0.15, 0.2) is 30.5 Å². The van der Waals surface area contributed by atoms with E-state index in [1.54, 1.807) is 36.1 Å². The van der Waals surface area contributed by atoms with E-state index in [4.69, 9.17) is 23.2 Å². The Morgan fingerprint density at radius 3 is 2.72 bits per heavy atom. The number of carbonyl (C=O) groups is 1. The molecular formula is C16H14Cl2N4O3. The van der Waals surface area contributed by atoms with Crippen molar-refractivity contribution >= 4 is 46.3 Å². The molecule has 1 aromatic heterocycles. The van der Waals surface area contributed by atoms with Crippen molar-refractivity contribution in [3.8, 4) is 0 Å². The normalized spacial score (nSPS) is 17.0.